The average Bonchev–Trinajstić information content (AvgIpc) is 2.49. The van der Waals surface area contributed by atoms with E-state index in [2.05, 4.69) is 26.2 Å². The molecule has 1 atom stereocenters. The van der Waals surface area contributed by atoms with Gasteiger partial charge in [0.2, 0.25) is 0 Å². The topological polar surface area (TPSA) is 30.5 Å². The number of nitrogens with one attached hydrogen (secondary N) is 1. The van der Waals surface area contributed by atoms with E-state index in [-0.39, 0.29) is 5.60 Å². The molecule has 1 aliphatic heterocycles. The summed E-state index contributed by atoms with van der Waals surface area (Å²) in [5.74, 6) is 1.67. The van der Waals surface area contributed by atoms with Gasteiger partial charge in [0.25, 0.3) is 0 Å². The van der Waals surface area contributed by atoms with Crippen LogP contribution in [0.5, 0.6) is 0 Å². The molecule has 0 aromatic carbocycles. The zero-order valence-corrected chi connectivity index (χ0v) is 13.6. The highest BCUT2D eigenvalue weighted by Gasteiger charge is 2.42. The third-order valence-electron chi connectivity index (χ3n) is 5.45. The number of rotatable bonds is 6. The number of hydrogen-bond donors (Lipinski definition) is 1. The quantitative estimate of drug-likeness (QED) is 0.810. The monoisotopic (exact) mass is 283 g/mol. The van der Waals surface area contributed by atoms with Gasteiger partial charge in [0.15, 0.2) is 0 Å². The van der Waals surface area contributed by atoms with Crippen molar-refractivity contribution in [3.63, 3.8) is 0 Å². The van der Waals surface area contributed by atoms with Gasteiger partial charge in [-0.05, 0) is 70.8 Å². The Morgan fingerprint density at radius 3 is 2.40 bits per heavy atom. The number of hydrogen-bond acceptors (Lipinski definition) is 3. The number of ether oxygens (including phenoxy) is 2. The molecule has 118 valence electrons. The summed E-state index contributed by atoms with van der Waals surface area (Å²) in [6.45, 7) is 7.24. The molecular formula is C17H33NO2. The van der Waals surface area contributed by atoms with Crippen LogP contribution < -0.4 is 5.32 Å². The van der Waals surface area contributed by atoms with E-state index in [1.165, 1.54) is 44.9 Å². The predicted molar refractivity (Wildman–Crippen MR) is 83.0 cm³/mol. The van der Waals surface area contributed by atoms with Crippen LogP contribution in [0.15, 0.2) is 0 Å². The maximum Gasteiger partial charge on any atom is 0.0834 e. The number of likely N-dealkylation sites (N-methyl/N-ethyl adjacent to an activating group) is 1. The highest BCUT2D eigenvalue weighted by atomic mass is 16.5. The first-order chi connectivity index (χ1) is 9.70. The molecule has 0 aromatic rings. The van der Waals surface area contributed by atoms with Gasteiger partial charge < -0.3 is 14.8 Å². The predicted octanol–water partition coefficient (Wildman–Crippen LogP) is 3.38. The highest BCUT2D eigenvalue weighted by Crippen LogP contribution is 2.39. The van der Waals surface area contributed by atoms with E-state index in [9.17, 15) is 0 Å². The van der Waals surface area contributed by atoms with Crippen LogP contribution in [0.1, 0.15) is 58.8 Å². The molecule has 1 unspecified atom stereocenters. The minimum atomic E-state index is 0.0777. The van der Waals surface area contributed by atoms with Crippen LogP contribution in [0.2, 0.25) is 0 Å². The Bertz CT molecular complexity index is 268. The van der Waals surface area contributed by atoms with Gasteiger partial charge in [0.05, 0.1) is 5.60 Å². The Morgan fingerprint density at radius 1 is 1.20 bits per heavy atom. The van der Waals surface area contributed by atoms with E-state index < -0.39 is 0 Å². The molecule has 0 radical (unpaired) electrons. The van der Waals surface area contributed by atoms with Crippen LogP contribution in [-0.4, -0.2) is 38.5 Å². The second-order valence-corrected chi connectivity index (χ2v) is 6.81. The lowest BCUT2D eigenvalue weighted by Crippen LogP contribution is -2.54. The third-order valence-corrected chi connectivity index (χ3v) is 5.45. The van der Waals surface area contributed by atoms with Gasteiger partial charge in [-0.3, -0.25) is 0 Å². The molecule has 1 aliphatic carbocycles. The van der Waals surface area contributed by atoms with Crippen molar-refractivity contribution in [3.8, 4) is 0 Å². The van der Waals surface area contributed by atoms with Crippen molar-refractivity contribution < 1.29 is 9.47 Å². The summed E-state index contributed by atoms with van der Waals surface area (Å²) >= 11 is 0. The van der Waals surface area contributed by atoms with Crippen molar-refractivity contribution in [1.29, 1.82) is 0 Å². The second kappa shape index (κ2) is 7.77. The van der Waals surface area contributed by atoms with Gasteiger partial charge in [0.1, 0.15) is 0 Å². The highest BCUT2D eigenvalue weighted by molar-refractivity contribution is 4.97. The normalized spacial score (nSPS) is 34.0. The van der Waals surface area contributed by atoms with Crippen LogP contribution >= 0.6 is 0 Å². The van der Waals surface area contributed by atoms with E-state index in [1.54, 1.807) is 0 Å². The molecule has 3 nitrogen and oxygen atoms in total. The van der Waals surface area contributed by atoms with Crippen LogP contribution in [0.25, 0.3) is 0 Å². The second-order valence-electron chi connectivity index (χ2n) is 6.81. The SMILES string of the molecule is CCOC1(C(CC2CCOCC2)NC)CCC(C)CC1. The fourth-order valence-corrected chi connectivity index (χ4v) is 4.04. The van der Waals surface area contributed by atoms with Crippen LogP contribution in [-0.2, 0) is 9.47 Å². The molecular weight excluding hydrogens is 250 g/mol. The van der Waals surface area contributed by atoms with Gasteiger partial charge in [-0.15, -0.1) is 0 Å². The summed E-state index contributed by atoms with van der Waals surface area (Å²) in [4.78, 5) is 0. The van der Waals surface area contributed by atoms with E-state index in [1.807, 2.05) is 0 Å². The van der Waals surface area contributed by atoms with E-state index in [4.69, 9.17) is 9.47 Å². The van der Waals surface area contributed by atoms with Crippen molar-refractivity contribution in [3.05, 3.63) is 0 Å². The lowest BCUT2D eigenvalue weighted by atomic mass is 9.72. The Hall–Kier alpha value is -0.120. The zero-order valence-electron chi connectivity index (χ0n) is 13.6. The maximum atomic E-state index is 6.32. The Balaban J connectivity index is 2.00. The molecule has 1 heterocycles. The third kappa shape index (κ3) is 3.96. The largest absolute Gasteiger partial charge is 0.381 e. The van der Waals surface area contributed by atoms with E-state index >= 15 is 0 Å². The standard InChI is InChI=1S/C17H33NO2/c1-4-20-17(9-5-14(2)6-10-17)16(18-3)13-15-7-11-19-12-8-15/h14-16,18H,4-13H2,1-3H3. The summed E-state index contributed by atoms with van der Waals surface area (Å²) < 4.78 is 11.8. The van der Waals surface area contributed by atoms with Crippen molar-refractivity contribution >= 4 is 0 Å². The Labute approximate surface area is 124 Å². The fraction of sp³-hybridized carbons (Fsp3) is 1.00. The van der Waals surface area contributed by atoms with Gasteiger partial charge in [-0.2, -0.15) is 0 Å². The summed E-state index contributed by atoms with van der Waals surface area (Å²) in [7, 11) is 2.11. The minimum Gasteiger partial charge on any atom is -0.381 e. The molecule has 1 N–H and O–H groups in total. The summed E-state index contributed by atoms with van der Waals surface area (Å²) in [6.07, 6.45) is 8.74. The fourth-order valence-electron chi connectivity index (χ4n) is 4.04. The van der Waals surface area contributed by atoms with Crippen molar-refractivity contribution in [2.75, 3.05) is 26.9 Å². The molecule has 2 fully saturated rings. The molecule has 1 saturated heterocycles. The first-order valence-electron chi connectivity index (χ1n) is 8.59. The summed E-state index contributed by atoms with van der Waals surface area (Å²) in [5, 5.41) is 3.59. The van der Waals surface area contributed by atoms with Gasteiger partial charge >= 0.3 is 0 Å². The smallest absolute Gasteiger partial charge is 0.0834 e. The van der Waals surface area contributed by atoms with Gasteiger partial charge in [-0.25, -0.2) is 0 Å². The molecule has 0 spiro atoms. The molecule has 1 saturated carbocycles. The molecule has 2 rings (SSSR count). The first-order valence-corrected chi connectivity index (χ1v) is 8.59. The van der Waals surface area contributed by atoms with Crippen LogP contribution in [0.3, 0.4) is 0 Å². The molecule has 2 aliphatic rings. The molecule has 0 bridgehead atoms. The Morgan fingerprint density at radius 2 is 1.85 bits per heavy atom. The van der Waals surface area contributed by atoms with Crippen molar-refractivity contribution in [2.24, 2.45) is 11.8 Å². The van der Waals surface area contributed by atoms with Crippen LogP contribution in [0.4, 0.5) is 0 Å². The van der Waals surface area contributed by atoms with E-state index in [0.717, 1.165) is 31.7 Å². The lowest BCUT2D eigenvalue weighted by Gasteiger charge is -2.46. The molecule has 0 aromatic heterocycles. The maximum absolute atomic E-state index is 6.32. The molecule has 3 heteroatoms. The van der Waals surface area contributed by atoms with Gasteiger partial charge in [0, 0.05) is 25.9 Å². The molecule has 20 heavy (non-hydrogen) atoms. The average molecular weight is 283 g/mol. The zero-order chi connectivity index (χ0) is 14.4. The lowest BCUT2D eigenvalue weighted by molar-refractivity contribution is -0.101. The Kier molecular flexibility index (Phi) is 6.31. The summed E-state index contributed by atoms with van der Waals surface area (Å²) in [5.41, 5.74) is 0.0777. The molecule has 0 amide bonds. The summed E-state index contributed by atoms with van der Waals surface area (Å²) in [6, 6.07) is 0.498. The van der Waals surface area contributed by atoms with Crippen molar-refractivity contribution in [2.45, 2.75) is 70.4 Å². The first kappa shape index (κ1) is 16.3. The minimum absolute atomic E-state index is 0.0777. The van der Waals surface area contributed by atoms with Gasteiger partial charge in [-0.1, -0.05) is 6.92 Å². The van der Waals surface area contributed by atoms with Crippen molar-refractivity contribution in [1.82, 2.24) is 5.32 Å². The van der Waals surface area contributed by atoms with Crippen LogP contribution in [0, 0.1) is 11.8 Å². The van der Waals surface area contributed by atoms with E-state index in [0.29, 0.717) is 6.04 Å².